The number of aromatic nitrogens is 6. The predicted molar refractivity (Wildman–Crippen MR) is 68.8 cm³/mol. The maximum Gasteiger partial charge on any atom is 0.372 e. The van der Waals surface area contributed by atoms with Gasteiger partial charge >= 0.3 is 6.03 Å². The van der Waals surface area contributed by atoms with E-state index >= 15 is 0 Å². The molecule has 0 spiro atoms. The van der Waals surface area contributed by atoms with Crippen LogP contribution in [-0.4, -0.2) is 35.6 Å². The highest BCUT2D eigenvalue weighted by atomic mass is 16.2. The van der Waals surface area contributed by atoms with E-state index in [0.717, 1.165) is 17.5 Å². The van der Waals surface area contributed by atoms with Crippen molar-refractivity contribution >= 4 is 6.03 Å². The summed E-state index contributed by atoms with van der Waals surface area (Å²) in [5.74, 6) is 1.29. The standard InChI is InChI=1S/C12H18N6O/c1-3-4-5-6-7-11-15-10(2)18(16-11)12(19)17-9-13-8-14-17/h8-9H,3-7H2,1-2H3. The van der Waals surface area contributed by atoms with Crippen LogP contribution in [0.25, 0.3) is 0 Å². The van der Waals surface area contributed by atoms with Gasteiger partial charge in [-0.1, -0.05) is 26.2 Å². The zero-order chi connectivity index (χ0) is 13.7. The maximum absolute atomic E-state index is 12.0. The summed E-state index contributed by atoms with van der Waals surface area (Å²) in [4.78, 5) is 20.1. The van der Waals surface area contributed by atoms with Crippen LogP contribution in [0.2, 0.25) is 0 Å². The Morgan fingerprint density at radius 3 is 2.84 bits per heavy atom. The molecule has 2 aromatic heterocycles. The number of nitrogens with zero attached hydrogens (tertiary/aromatic N) is 6. The molecule has 0 atom stereocenters. The summed E-state index contributed by atoms with van der Waals surface area (Å²) in [5, 5.41) is 8.03. The molecule has 2 rings (SSSR count). The molecule has 0 aliphatic carbocycles. The lowest BCUT2D eigenvalue weighted by Crippen LogP contribution is -2.22. The Bertz CT molecular complexity index is 530. The van der Waals surface area contributed by atoms with Gasteiger partial charge in [0.25, 0.3) is 0 Å². The zero-order valence-corrected chi connectivity index (χ0v) is 11.3. The lowest BCUT2D eigenvalue weighted by atomic mass is 10.1. The number of aryl methyl sites for hydroxylation is 2. The highest BCUT2D eigenvalue weighted by Gasteiger charge is 2.15. The minimum atomic E-state index is -0.359. The van der Waals surface area contributed by atoms with Gasteiger partial charge in [0.15, 0.2) is 5.82 Å². The van der Waals surface area contributed by atoms with Crippen LogP contribution in [0, 0.1) is 6.92 Å². The molecule has 7 heteroatoms. The van der Waals surface area contributed by atoms with Gasteiger partial charge in [-0.3, -0.25) is 0 Å². The van der Waals surface area contributed by atoms with Crippen LogP contribution in [0.15, 0.2) is 12.7 Å². The number of carbonyl (C=O) groups excluding carboxylic acids is 1. The van der Waals surface area contributed by atoms with Crippen LogP contribution in [0.4, 0.5) is 4.79 Å². The molecule has 19 heavy (non-hydrogen) atoms. The molecule has 102 valence electrons. The molecule has 0 unspecified atom stereocenters. The largest absolute Gasteiger partial charge is 0.372 e. The van der Waals surface area contributed by atoms with Gasteiger partial charge in [0, 0.05) is 6.42 Å². The van der Waals surface area contributed by atoms with Gasteiger partial charge in [-0.2, -0.15) is 14.5 Å². The Morgan fingerprint density at radius 1 is 1.32 bits per heavy atom. The van der Waals surface area contributed by atoms with E-state index in [4.69, 9.17) is 0 Å². The number of rotatable bonds is 5. The molecule has 0 aliphatic rings. The molecule has 2 aromatic rings. The summed E-state index contributed by atoms with van der Waals surface area (Å²) >= 11 is 0. The van der Waals surface area contributed by atoms with E-state index in [1.807, 2.05) is 0 Å². The van der Waals surface area contributed by atoms with E-state index in [1.54, 1.807) is 6.92 Å². The Balaban J connectivity index is 2.02. The quantitative estimate of drug-likeness (QED) is 0.768. The first-order valence-electron chi connectivity index (χ1n) is 6.54. The second-order valence-corrected chi connectivity index (χ2v) is 4.42. The number of unbranched alkanes of at least 4 members (excludes halogenated alkanes) is 3. The van der Waals surface area contributed by atoms with Gasteiger partial charge in [0.1, 0.15) is 18.5 Å². The van der Waals surface area contributed by atoms with Crippen LogP contribution >= 0.6 is 0 Å². The number of hydrogen-bond acceptors (Lipinski definition) is 5. The van der Waals surface area contributed by atoms with Crippen molar-refractivity contribution in [2.45, 2.75) is 46.0 Å². The van der Waals surface area contributed by atoms with Gasteiger partial charge < -0.3 is 0 Å². The Hall–Kier alpha value is -2.05. The second-order valence-electron chi connectivity index (χ2n) is 4.42. The molecule has 0 N–H and O–H groups in total. The third-order valence-electron chi connectivity index (χ3n) is 2.86. The van der Waals surface area contributed by atoms with Crippen molar-refractivity contribution in [2.75, 3.05) is 0 Å². The van der Waals surface area contributed by atoms with Gasteiger partial charge in [-0.05, 0) is 13.3 Å². The van der Waals surface area contributed by atoms with Crippen LogP contribution in [0.1, 0.15) is 44.3 Å². The van der Waals surface area contributed by atoms with Crippen molar-refractivity contribution < 1.29 is 4.79 Å². The van der Waals surface area contributed by atoms with Gasteiger partial charge in [-0.15, -0.1) is 5.10 Å². The number of hydrogen-bond donors (Lipinski definition) is 0. The fourth-order valence-electron chi connectivity index (χ4n) is 1.85. The van der Waals surface area contributed by atoms with E-state index in [9.17, 15) is 4.79 Å². The summed E-state index contributed by atoms with van der Waals surface area (Å²) < 4.78 is 2.41. The SMILES string of the molecule is CCCCCCc1nc(C)n(C(=O)n2cncn2)n1. The molecular weight excluding hydrogens is 244 g/mol. The lowest BCUT2D eigenvalue weighted by molar-refractivity contribution is 0.237. The number of carbonyl (C=O) groups is 1. The van der Waals surface area contributed by atoms with Crippen LogP contribution in [0.5, 0.6) is 0 Å². The Kier molecular flexibility index (Phi) is 4.38. The van der Waals surface area contributed by atoms with Crippen molar-refractivity contribution in [3.63, 3.8) is 0 Å². The van der Waals surface area contributed by atoms with E-state index in [1.165, 1.54) is 36.6 Å². The van der Waals surface area contributed by atoms with E-state index < -0.39 is 0 Å². The highest BCUT2D eigenvalue weighted by Crippen LogP contribution is 2.06. The van der Waals surface area contributed by atoms with Crippen LogP contribution < -0.4 is 0 Å². The Morgan fingerprint density at radius 2 is 2.16 bits per heavy atom. The summed E-state index contributed by atoms with van der Waals surface area (Å²) in [5.41, 5.74) is 0. The average molecular weight is 262 g/mol. The Labute approximate surface area is 111 Å². The van der Waals surface area contributed by atoms with Gasteiger partial charge in [0.05, 0.1) is 0 Å². The molecular formula is C12H18N6O. The fraction of sp³-hybridized carbons (Fsp3) is 0.583. The summed E-state index contributed by atoms with van der Waals surface area (Å²) in [6.45, 7) is 3.94. The molecule has 0 bridgehead atoms. The minimum Gasteiger partial charge on any atom is -0.243 e. The zero-order valence-electron chi connectivity index (χ0n) is 11.3. The molecule has 2 heterocycles. The topological polar surface area (TPSA) is 78.5 Å². The van der Waals surface area contributed by atoms with Gasteiger partial charge in [-0.25, -0.2) is 14.8 Å². The fourth-order valence-corrected chi connectivity index (χ4v) is 1.85. The predicted octanol–water partition coefficient (Wildman–Crippen LogP) is 1.82. The molecule has 0 amide bonds. The molecule has 7 nitrogen and oxygen atoms in total. The third kappa shape index (κ3) is 3.24. The first kappa shape index (κ1) is 13.4. The van der Waals surface area contributed by atoms with E-state index in [2.05, 4.69) is 27.1 Å². The van der Waals surface area contributed by atoms with Crippen molar-refractivity contribution in [3.8, 4) is 0 Å². The second kappa shape index (κ2) is 6.21. The average Bonchev–Trinajstić information content (AvgIpc) is 3.03. The van der Waals surface area contributed by atoms with Crippen molar-refractivity contribution in [2.24, 2.45) is 0 Å². The third-order valence-corrected chi connectivity index (χ3v) is 2.86. The van der Waals surface area contributed by atoms with Gasteiger partial charge in [0.2, 0.25) is 0 Å². The van der Waals surface area contributed by atoms with E-state index in [0.29, 0.717) is 11.6 Å². The molecule has 0 radical (unpaired) electrons. The monoisotopic (exact) mass is 262 g/mol. The molecule has 0 aromatic carbocycles. The van der Waals surface area contributed by atoms with Crippen molar-refractivity contribution in [1.82, 2.24) is 29.5 Å². The normalized spacial score (nSPS) is 10.8. The minimum absolute atomic E-state index is 0.359. The maximum atomic E-state index is 12.0. The first-order chi connectivity index (χ1) is 9.22. The van der Waals surface area contributed by atoms with Crippen molar-refractivity contribution in [3.05, 3.63) is 24.3 Å². The highest BCUT2D eigenvalue weighted by molar-refractivity contribution is 5.77. The van der Waals surface area contributed by atoms with E-state index in [-0.39, 0.29) is 6.03 Å². The molecule has 0 saturated carbocycles. The smallest absolute Gasteiger partial charge is 0.243 e. The summed E-state index contributed by atoms with van der Waals surface area (Å²) in [6.07, 6.45) is 8.11. The molecule has 0 saturated heterocycles. The van der Waals surface area contributed by atoms with Crippen molar-refractivity contribution in [1.29, 1.82) is 0 Å². The first-order valence-corrected chi connectivity index (χ1v) is 6.54. The summed E-state index contributed by atoms with van der Waals surface area (Å²) in [7, 11) is 0. The van der Waals surface area contributed by atoms with Crippen LogP contribution in [0.3, 0.4) is 0 Å². The molecule has 0 aliphatic heterocycles. The van der Waals surface area contributed by atoms with Crippen LogP contribution in [-0.2, 0) is 6.42 Å². The molecule has 0 fully saturated rings. The summed E-state index contributed by atoms with van der Waals surface area (Å²) in [6, 6.07) is -0.359. The lowest BCUT2D eigenvalue weighted by Gasteiger charge is -1.99.